The van der Waals surface area contributed by atoms with Crippen LogP contribution in [0, 0.1) is 0 Å². The van der Waals surface area contributed by atoms with E-state index < -0.39 is 53.3 Å². The van der Waals surface area contributed by atoms with E-state index in [1.807, 2.05) is 0 Å². The van der Waals surface area contributed by atoms with Crippen molar-refractivity contribution in [3.8, 4) is 11.3 Å². The Balaban J connectivity index is 2.83. The fourth-order valence-corrected chi connectivity index (χ4v) is 7.29. The highest BCUT2D eigenvalue weighted by atomic mass is 35.5. The van der Waals surface area contributed by atoms with E-state index in [0.29, 0.717) is 0 Å². The minimum atomic E-state index is -4.77. The number of sulfonamides is 2. The highest BCUT2D eigenvalue weighted by Gasteiger charge is 2.38. The maximum atomic E-state index is 13.0. The molecule has 1 aromatic heterocycles. The first-order chi connectivity index (χ1) is 13.2. The van der Waals surface area contributed by atoms with Crippen LogP contribution in [0.5, 0.6) is 0 Å². The predicted molar refractivity (Wildman–Crippen MR) is 109 cm³/mol. The molecule has 0 unspecified atom stereocenters. The van der Waals surface area contributed by atoms with E-state index in [1.165, 1.54) is 13.8 Å². The van der Waals surface area contributed by atoms with Crippen LogP contribution in [0.25, 0.3) is 11.3 Å². The topological polar surface area (TPSA) is 84.4 Å². The molecule has 1 heterocycles. The average molecular weight is 532 g/mol. The van der Waals surface area contributed by atoms with Crippen LogP contribution in [-0.4, -0.2) is 32.7 Å². The summed E-state index contributed by atoms with van der Waals surface area (Å²) in [5.74, 6) is -1.15. The second kappa shape index (κ2) is 8.39. The molecule has 0 bridgehead atoms. The summed E-state index contributed by atoms with van der Waals surface area (Å²) >= 11 is 18.0. The minimum Gasteiger partial charge on any atom is -0.205 e. The van der Waals surface area contributed by atoms with Gasteiger partial charge in [0, 0.05) is 5.56 Å². The molecule has 1 aromatic carbocycles. The fraction of sp³-hybridized carbons (Fsp3) is 0.357. The van der Waals surface area contributed by atoms with Gasteiger partial charge in [0.2, 0.25) is 20.0 Å². The van der Waals surface area contributed by atoms with Gasteiger partial charge in [-0.2, -0.15) is 21.3 Å². The Labute approximate surface area is 184 Å². The summed E-state index contributed by atoms with van der Waals surface area (Å²) in [5, 5.41) is -1.28. The van der Waals surface area contributed by atoms with Gasteiger partial charge in [-0.25, -0.2) is 16.8 Å². The van der Waals surface area contributed by atoms with Crippen molar-refractivity contribution in [3.63, 3.8) is 0 Å². The average Bonchev–Trinajstić information content (AvgIpc) is 2.98. The van der Waals surface area contributed by atoms with Crippen LogP contribution in [0.3, 0.4) is 0 Å². The molecule has 0 N–H and O–H groups in total. The normalized spacial score (nSPS) is 13.0. The summed E-state index contributed by atoms with van der Waals surface area (Å²) in [6.45, 7) is 2.45. The van der Waals surface area contributed by atoms with Crippen LogP contribution < -0.4 is 3.71 Å². The maximum absolute atomic E-state index is 13.0. The number of halogens is 6. The molecule has 0 amide bonds. The van der Waals surface area contributed by atoms with E-state index in [1.54, 1.807) is 0 Å². The first-order valence-electron chi connectivity index (χ1n) is 7.65. The van der Waals surface area contributed by atoms with Gasteiger partial charge in [-0.05, 0) is 37.5 Å². The fourth-order valence-electron chi connectivity index (χ4n) is 2.19. The number of nitrogens with zero attached hydrogens (tertiary/aromatic N) is 2. The molecule has 2 aromatic rings. The third-order valence-electron chi connectivity index (χ3n) is 3.62. The standard InChI is InChI=1S/C14H12Cl3F3N2O4S3/c1-3-28(23,24)22(29(25,26)4-2)10-5-7(8(15)6-9(10)16)12-11(17)13(27-21-12)14(18,19)20/h5-6H,3-4H2,1-2H3. The molecule has 0 aliphatic rings. The van der Waals surface area contributed by atoms with Gasteiger partial charge < -0.3 is 0 Å². The number of alkyl halides is 3. The van der Waals surface area contributed by atoms with Crippen LogP contribution in [0.4, 0.5) is 18.9 Å². The van der Waals surface area contributed by atoms with Gasteiger partial charge in [0.15, 0.2) is 0 Å². The zero-order valence-corrected chi connectivity index (χ0v) is 19.3. The lowest BCUT2D eigenvalue weighted by atomic mass is 10.1. The van der Waals surface area contributed by atoms with Gasteiger partial charge in [0.1, 0.15) is 10.6 Å². The number of aromatic nitrogens is 1. The number of hydrogen-bond acceptors (Lipinski definition) is 6. The lowest BCUT2D eigenvalue weighted by molar-refractivity contribution is -0.134. The van der Waals surface area contributed by atoms with Crippen LogP contribution in [-0.2, 0) is 26.2 Å². The van der Waals surface area contributed by atoms with Crippen molar-refractivity contribution in [1.82, 2.24) is 4.37 Å². The largest absolute Gasteiger partial charge is 0.428 e. The van der Waals surface area contributed by atoms with Gasteiger partial charge >= 0.3 is 6.18 Å². The van der Waals surface area contributed by atoms with Crippen molar-refractivity contribution in [2.45, 2.75) is 20.0 Å². The Morgan fingerprint density at radius 3 is 1.93 bits per heavy atom. The second-order valence-corrected chi connectivity index (χ2v) is 11.9. The van der Waals surface area contributed by atoms with Gasteiger partial charge in [-0.1, -0.05) is 34.8 Å². The highest BCUT2D eigenvalue weighted by molar-refractivity contribution is 8.10. The molecule has 0 aliphatic heterocycles. The zero-order valence-electron chi connectivity index (χ0n) is 14.6. The molecule has 0 saturated heterocycles. The molecular formula is C14H12Cl3F3N2O4S3. The molecule has 29 heavy (non-hydrogen) atoms. The van der Waals surface area contributed by atoms with E-state index in [4.69, 9.17) is 34.8 Å². The number of hydrogen-bond donors (Lipinski definition) is 0. The summed E-state index contributed by atoms with van der Waals surface area (Å²) in [7, 11) is -8.72. The Kier molecular flexibility index (Phi) is 7.08. The summed E-state index contributed by atoms with van der Waals surface area (Å²) in [5.41, 5.74) is -1.08. The number of anilines is 1. The summed E-state index contributed by atoms with van der Waals surface area (Å²) in [6, 6.07) is 1.95. The lowest BCUT2D eigenvalue weighted by Crippen LogP contribution is -2.39. The van der Waals surface area contributed by atoms with Gasteiger partial charge in [-0.15, -0.1) is 0 Å². The van der Waals surface area contributed by atoms with E-state index >= 15 is 0 Å². The smallest absolute Gasteiger partial charge is 0.205 e. The first-order valence-corrected chi connectivity index (χ1v) is 12.8. The zero-order chi connectivity index (χ0) is 22.4. The van der Waals surface area contributed by atoms with Crippen molar-refractivity contribution in [3.05, 3.63) is 32.1 Å². The number of benzene rings is 1. The molecule has 15 heteroatoms. The van der Waals surface area contributed by atoms with Gasteiger partial charge in [0.25, 0.3) is 0 Å². The van der Waals surface area contributed by atoms with Crippen molar-refractivity contribution in [1.29, 1.82) is 0 Å². The third kappa shape index (κ3) is 4.77. The SMILES string of the molecule is CCS(=O)(=O)N(c1cc(-c2nsc(C(F)(F)F)c2Cl)c(Cl)cc1Cl)S(=O)(=O)CC. The van der Waals surface area contributed by atoms with Crippen molar-refractivity contribution in [2.24, 2.45) is 0 Å². The monoisotopic (exact) mass is 530 g/mol. The second-order valence-electron chi connectivity index (χ2n) is 5.45. The summed E-state index contributed by atoms with van der Waals surface area (Å²) < 4.78 is 92.7. The van der Waals surface area contributed by atoms with Crippen molar-refractivity contribution < 1.29 is 30.0 Å². The van der Waals surface area contributed by atoms with E-state index in [9.17, 15) is 30.0 Å². The minimum absolute atomic E-state index is 0.0765. The molecule has 0 fully saturated rings. The number of rotatable bonds is 6. The van der Waals surface area contributed by atoms with E-state index in [2.05, 4.69) is 4.37 Å². The maximum Gasteiger partial charge on any atom is 0.428 e. The molecule has 0 spiro atoms. The quantitative estimate of drug-likeness (QED) is 0.505. The van der Waals surface area contributed by atoms with Crippen molar-refractivity contribution in [2.75, 3.05) is 15.2 Å². The lowest BCUT2D eigenvalue weighted by Gasteiger charge is -2.24. The van der Waals surface area contributed by atoms with Gasteiger partial charge in [-0.3, -0.25) is 0 Å². The molecule has 162 valence electrons. The van der Waals surface area contributed by atoms with Crippen molar-refractivity contribution >= 4 is 72.1 Å². The molecule has 0 saturated carbocycles. The molecule has 0 radical (unpaired) electrons. The van der Waals surface area contributed by atoms with Crippen LogP contribution in [0.1, 0.15) is 18.7 Å². The van der Waals surface area contributed by atoms with E-state index in [0.717, 1.165) is 12.1 Å². The van der Waals surface area contributed by atoms with Gasteiger partial charge in [0.05, 0.1) is 32.3 Å². The Morgan fingerprint density at radius 2 is 1.52 bits per heavy atom. The van der Waals surface area contributed by atoms with Crippen LogP contribution >= 0.6 is 46.3 Å². The van der Waals surface area contributed by atoms with E-state index in [-0.39, 0.29) is 36.5 Å². The Hall–Kier alpha value is -0.790. The molecule has 2 rings (SSSR count). The molecule has 0 aliphatic carbocycles. The molecule has 0 atom stereocenters. The van der Waals surface area contributed by atoms with Crippen LogP contribution in [0.2, 0.25) is 15.1 Å². The Morgan fingerprint density at radius 1 is 1.00 bits per heavy atom. The summed E-state index contributed by atoms with van der Waals surface area (Å²) in [4.78, 5) is -1.18. The highest BCUT2D eigenvalue weighted by Crippen LogP contribution is 2.46. The molecular weight excluding hydrogens is 520 g/mol. The third-order valence-corrected chi connectivity index (χ3v) is 9.83. The molecule has 6 nitrogen and oxygen atoms in total. The predicted octanol–water partition coefficient (Wildman–Crippen LogP) is 5.29. The Bertz CT molecular complexity index is 1110. The van der Waals surface area contributed by atoms with Crippen LogP contribution in [0.15, 0.2) is 12.1 Å². The summed E-state index contributed by atoms with van der Waals surface area (Å²) in [6.07, 6.45) is -4.77. The first kappa shape index (κ1) is 24.5.